The Morgan fingerprint density at radius 1 is 1.27 bits per heavy atom. The number of carbonyl (C=O) groups is 2. The van der Waals surface area contributed by atoms with Crippen LogP contribution in [0.2, 0.25) is 0 Å². The zero-order valence-corrected chi connectivity index (χ0v) is 16.9. The Morgan fingerprint density at radius 2 is 2.17 bits per heavy atom. The molecule has 1 saturated heterocycles. The molecule has 1 spiro atoms. The van der Waals surface area contributed by atoms with Gasteiger partial charge in [0.15, 0.2) is 5.60 Å². The minimum atomic E-state index is -0.636. The van der Waals surface area contributed by atoms with Gasteiger partial charge in [-0.3, -0.25) is 9.78 Å². The van der Waals surface area contributed by atoms with Crippen molar-refractivity contribution < 1.29 is 14.4 Å². The third kappa shape index (κ3) is 4.59. The van der Waals surface area contributed by atoms with Gasteiger partial charge >= 0.3 is 6.03 Å². The van der Waals surface area contributed by atoms with Crippen LogP contribution in [-0.4, -0.2) is 46.2 Å². The summed E-state index contributed by atoms with van der Waals surface area (Å²) in [5.41, 5.74) is 2.48. The van der Waals surface area contributed by atoms with Gasteiger partial charge in [0.25, 0.3) is 5.91 Å². The molecule has 0 radical (unpaired) electrons. The normalized spacial score (nSPS) is 20.4. The molecule has 2 aliphatic rings. The quantitative estimate of drug-likeness (QED) is 0.815. The van der Waals surface area contributed by atoms with Crippen molar-refractivity contribution >= 4 is 23.3 Å². The highest BCUT2D eigenvalue weighted by molar-refractivity contribution is 6.39. The van der Waals surface area contributed by atoms with Crippen LogP contribution in [0, 0.1) is 6.92 Å². The number of rotatable bonds is 4. The highest BCUT2D eigenvalue weighted by atomic mass is 16.7. The van der Waals surface area contributed by atoms with Gasteiger partial charge in [0, 0.05) is 37.6 Å². The molecule has 0 bridgehead atoms. The SMILES string of the molecule is Cc1cccc(NC(=O)N2CCC[C@@]3(CC(C(=O)NCc4cccnc4)=NO3)C2)c1. The number of nitrogens with one attached hydrogen (secondary N) is 2. The number of amides is 3. The van der Waals surface area contributed by atoms with Crippen LogP contribution in [0.3, 0.4) is 0 Å². The zero-order chi connectivity index (χ0) is 21.0. The van der Waals surface area contributed by atoms with Crippen LogP contribution in [0.1, 0.15) is 30.4 Å². The zero-order valence-electron chi connectivity index (χ0n) is 16.9. The molecular formula is C22H25N5O3. The molecule has 3 amide bonds. The highest BCUT2D eigenvalue weighted by Crippen LogP contribution is 2.33. The molecule has 1 aromatic heterocycles. The Kier molecular flexibility index (Phi) is 5.65. The molecule has 3 heterocycles. The summed E-state index contributed by atoms with van der Waals surface area (Å²) in [5.74, 6) is -0.253. The number of likely N-dealkylation sites (tertiary alicyclic amines) is 1. The number of aromatic nitrogens is 1. The summed E-state index contributed by atoms with van der Waals surface area (Å²) >= 11 is 0. The topological polar surface area (TPSA) is 95.9 Å². The van der Waals surface area contributed by atoms with Gasteiger partial charge in [-0.05, 0) is 49.1 Å². The van der Waals surface area contributed by atoms with E-state index in [2.05, 4.69) is 20.8 Å². The Morgan fingerprint density at radius 3 is 2.97 bits per heavy atom. The fraction of sp³-hybridized carbons (Fsp3) is 0.364. The summed E-state index contributed by atoms with van der Waals surface area (Å²) in [6.07, 6.45) is 5.33. The number of carbonyl (C=O) groups excluding carboxylic acids is 2. The number of hydrogen-bond acceptors (Lipinski definition) is 5. The van der Waals surface area contributed by atoms with Crippen molar-refractivity contribution in [2.75, 3.05) is 18.4 Å². The van der Waals surface area contributed by atoms with Gasteiger partial charge in [-0.15, -0.1) is 0 Å². The van der Waals surface area contributed by atoms with Gasteiger partial charge in [-0.1, -0.05) is 23.4 Å². The van der Waals surface area contributed by atoms with Crippen LogP contribution in [0.5, 0.6) is 0 Å². The molecule has 1 aromatic carbocycles. The van der Waals surface area contributed by atoms with Gasteiger partial charge in [-0.2, -0.15) is 0 Å². The molecule has 156 valence electrons. The molecule has 2 aliphatic heterocycles. The van der Waals surface area contributed by atoms with Crippen LogP contribution in [0.25, 0.3) is 0 Å². The Balaban J connectivity index is 1.33. The third-order valence-electron chi connectivity index (χ3n) is 5.37. The van der Waals surface area contributed by atoms with Crippen LogP contribution in [0.15, 0.2) is 53.9 Å². The summed E-state index contributed by atoms with van der Waals surface area (Å²) in [6.45, 7) is 3.40. The van der Waals surface area contributed by atoms with E-state index < -0.39 is 5.60 Å². The summed E-state index contributed by atoms with van der Waals surface area (Å²) in [6, 6.07) is 11.2. The molecule has 4 rings (SSSR count). The van der Waals surface area contributed by atoms with Gasteiger partial charge in [0.2, 0.25) is 0 Å². The maximum absolute atomic E-state index is 12.7. The smallest absolute Gasteiger partial charge is 0.321 e. The number of aryl methyl sites for hydroxylation is 1. The van der Waals surface area contributed by atoms with E-state index in [0.29, 0.717) is 31.8 Å². The number of hydrogen-bond donors (Lipinski definition) is 2. The van der Waals surface area contributed by atoms with Crippen molar-refractivity contribution in [3.05, 3.63) is 59.9 Å². The van der Waals surface area contributed by atoms with Crippen molar-refractivity contribution in [1.29, 1.82) is 0 Å². The summed E-state index contributed by atoms with van der Waals surface area (Å²) < 4.78 is 0. The molecule has 1 fully saturated rings. The molecule has 0 saturated carbocycles. The van der Waals surface area contributed by atoms with Crippen molar-refractivity contribution in [2.24, 2.45) is 5.16 Å². The van der Waals surface area contributed by atoms with Crippen LogP contribution in [0.4, 0.5) is 10.5 Å². The van der Waals surface area contributed by atoms with Crippen LogP contribution in [-0.2, 0) is 16.2 Å². The van der Waals surface area contributed by atoms with Gasteiger partial charge in [0.05, 0.1) is 6.54 Å². The summed E-state index contributed by atoms with van der Waals surface area (Å²) in [4.78, 5) is 36.7. The third-order valence-corrected chi connectivity index (χ3v) is 5.37. The predicted molar refractivity (Wildman–Crippen MR) is 113 cm³/mol. The number of pyridine rings is 1. The first kappa shape index (κ1) is 19.9. The lowest BCUT2D eigenvalue weighted by Gasteiger charge is -2.38. The average molecular weight is 407 g/mol. The molecule has 8 nitrogen and oxygen atoms in total. The molecule has 2 N–H and O–H groups in total. The Labute approximate surface area is 175 Å². The standard InChI is InChI=1S/C22H25N5O3/c1-16-5-2-7-18(11-16)25-21(29)27-10-4-8-22(15-27)12-19(26-30-22)20(28)24-14-17-6-3-9-23-13-17/h2-3,5-7,9,11,13H,4,8,10,12,14-15H2,1H3,(H,24,28)(H,25,29)/t22-/m1/s1. The van der Waals surface area contributed by atoms with Crippen LogP contribution < -0.4 is 10.6 Å². The van der Waals surface area contributed by atoms with Crippen molar-refractivity contribution in [2.45, 2.75) is 38.3 Å². The van der Waals surface area contributed by atoms with E-state index in [9.17, 15) is 9.59 Å². The van der Waals surface area contributed by atoms with E-state index in [-0.39, 0.29) is 11.9 Å². The molecule has 30 heavy (non-hydrogen) atoms. The number of anilines is 1. The Hall–Kier alpha value is -3.42. The van der Waals surface area contributed by atoms with Crippen LogP contribution >= 0.6 is 0 Å². The number of nitrogens with zero attached hydrogens (tertiary/aromatic N) is 3. The van der Waals surface area contributed by atoms with E-state index in [0.717, 1.165) is 29.7 Å². The van der Waals surface area contributed by atoms with E-state index >= 15 is 0 Å². The van der Waals surface area contributed by atoms with Gasteiger partial charge in [0.1, 0.15) is 5.71 Å². The summed E-state index contributed by atoms with van der Waals surface area (Å²) in [7, 11) is 0. The maximum Gasteiger partial charge on any atom is 0.321 e. The van der Waals surface area contributed by atoms with Crippen molar-refractivity contribution in [3.8, 4) is 0 Å². The molecule has 2 aromatic rings. The van der Waals surface area contributed by atoms with Crippen molar-refractivity contribution in [1.82, 2.24) is 15.2 Å². The maximum atomic E-state index is 12.7. The second kappa shape index (κ2) is 8.52. The first-order chi connectivity index (χ1) is 14.5. The van der Waals surface area contributed by atoms with E-state index in [1.807, 2.05) is 43.3 Å². The van der Waals surface area contributed by atoms with E-state index in [1.54, 1.807) is 17.3 Å². The van der Waals surface area contributed by atoms with Crippen molar-refractivity contribution in [3.63, 3.8) is 0 Å². The van der Waals surface area contributed by atoms with E-state index in [4.69, 9.17) is 4.84 Å². The fourth-order valence-corrected chi connectivity index (χ4v) is 3.85. The molecular weight excluding hydrogens is 382 g/mol. The lowest BCUT2D eigenvalue weighted by atomic mass is 9.88. The summed E-state index contributed by atoms with van der Waals surface area (Å²) in [5, 5.41) is 9.84. The Bertz CT molecular complexity index is 962. The largest absolute Gasteiger partial charge is 0.386 e. The lowest BCUT2D eigenvalue weighted by molar-refractivity contribution is -0.115. The van der Waals surface area contributed by atoms with E-state index in [1.165, 1.54) is 0 Å². The van der Waals surface area contributed by atoms with Gasteiger partial charge in [-0.25, -0.2) is 4.79 Å². The van der Waals surface area contributed by atoms with Gasteiger partial charge < -0.3 is 20.4 Å². The predicted octanol–water partition coefficient (Wildman–Crippen LogP) is 2.85. The minimum Gasteiger partial charge on any atom is -0.386 e. The second-order valence-corrected chi connectivity index (χ2v) is 7.86. The second-order valence-electron chi connectivity index (χ2n) is 7.86. The number of piperidine rings is 1. The highest BCUT2D eigenvalue weighted by Gasteiger charge is 2.45. The number of oxime groups is 1. The minimum absolute atomic E-state index is 0.169. The monoisotopic (exact) mass is 407 g/mol. The first-order valence-corrected chi connectivity index (χ1v) is 10.1. The first-order valence-electron chi connectivity index (χ1n) is 10.1. The number of benzene rings is 1. The molecule has 0 aliphatic carbocycles. The molecule has 1 atom stereocenters. The number of urea groups is 1. The fourth-order valence-electron chi connectivity index (χ4n) is 3.85. The molecule has 8 heteroatoms. The lowest BCUT2D eigenvalue weighted by Crippen LogP contribution is -2.52. The average Bonchev–Trinajstić information content (AvgIpc) is 3.16. The molecule has 0 unspecified atom stereocenters.